The van der Waals surface area contributed by atoms with E-state index in [0.29, 0.717) is 6.42 Å². The van der Waals surface area contributed by atoms with E-state index in [4.69, 9.17) is 14.6 Å². The first-order chi connectivity index (χ1) is 16.4. The number of hydrogen-bond donors (Lipinski definition) is 0. The lowest BCUT2D eigenvalue weighted by Crippen LogP contribution is -2.38. The molecule has 1 aliphatic heterocycles. The molecule has 3 aromatic rings. The van der Waals surface area contributed by atoms with Crippen LogP contribution in [0.4, 0.5) is 5.69 Å². The van der Waals surface area contributed by atoms with Crippen LogP contribution < -0.4 is 4.90 Å². The van der Waals surface area contributed by atoms with Gasteiger partial charge < -0.3 is 14.2 Å². The van der Waals surface area contributed by atoms with E-state index >= 15 is 0 Å². The molecular formula is C26H33N5O3. The highest BCUT2D eigenvalue weighted by Crippen LogP contribution is 2.30. The third-order valence-corrected chi connectivity index (χ3v) is 5.78. The maximum Gasteiger partial charge on any atom is 0.234 e. The van der Waals surface area contributed by atoms with Gasteiger partial charge in [0.15, 0.2) is 0 Å². The molecule has 3 heterocycles. The first-order valence-corrected chi connectivity index (χ1v) is 11.6. The molecule has 0 N–H and O–H groups in total. The molecule has 2 aromatic heterocycles. The molecule has 1 aliphatic rings. The van der Waals surface area contributed by atoms with E-state index < -0.39 is 11.6 Å². The summed E-state index contributed by atoms with van der Waals surface area (Å²) in [7, 11) is 1.97. The number of benzene rings is 1. The van der Waals surface area contributed by atoms with E-state index in [1.54, 1.807) is 6.20 Å². The number of anilines is 1. The molecule has 0 aliphatic carbocycles. The van der Waals surface area contributed by atoms with E-state index in [1.807, 2.05) is 56.8 Å². The Balaban J connectivity index is 1.63. The van der Waals surface area contributed by atoms with Gasteiger partial charge in [0.05, 0.1) is 30.7 Å². The Morgan fingerprint density at radius 3 is 2.47 bits per heavy atom. The van der Waals surface area contributed by atoms with Crippen LogP contribution in [0.5, 0.6) is 0 Å². The zero-order valence-electron chi connectivity index (χ0n) is 20.3. The van der Waals surface area contributed by atoms with Gasteiger partial charge in [-0.25, -0.2) is 10.0 Å². The summed E-state index contributed by atoms with van der Waals surface area (Å²) in [5.74, 6) is 0.731. The van der Waals surface area contributed by atoms with Crippen LogP contribution >= 0.6 is 0 Å². The molecule has 8 nitrogen and oxygen atoms in total. The summed E-state index contributed by atoms with van der Waals surface area (Å²) in [6.07, 6.45) is 4.81. The van der Waals surface area contributed by atoms with Crippen LogP contribution in [0.15, 0.2) is 54.9 Å². The Morgan fingerprint density at radius 1 is 1.12 bits per heavy atom. The van der Waals surface area contributed by atoms with Gasteiger partial charge in [-0.05, 0) is 50.6 Å². The monoisotopic (exact) mass is 463 g/mol. The van der Waals surface area contributed by atoms with Crippen molar-refractivity contribution in [1.82, 2.24) is 19.6 Å². The van der Waals surface area contributed by atoms with Gasteiger partial charge in [-0.1, -0.05) is 18.2 Å². The summed E-state index contributed by atoms with van der Waals surface area (Å²) >= 11 is 0. The van der Waals surface area contributed by atoms with Crippen molar-refractivity contribution in [3.63, 3.8) is 0 Å². The third kappa shape index (κ3) is 5.63. The number of hydrogen-bond acceptors (Lipinski definition) is 6. The SMILES string of the molecule is Cn1c(-c2ccc(N3CCOCC3)cc2)cnc1C(Cc1ccccn1)N(C=O)OC(C)(C)C. The quantitative estimate of drug-likeness (QED) is 0.374. The van der Waals surface area contributed by atoms with E-state index in [2.05, 4.69) is 34.1 Å². The minimum Gasteiger partial charge on any atom is -0.378 e. The predicted molar refractivity (Wildman–Crippen MR) is 131 cm³/mol. The summed E-state index contributed by atoms with van der Waals surface area (Å²) in [6, 6.07) is 13.8. The van der Waals surface area contributed by atoms with Gasteiger partial charge in [0.1, 0.15) is 11.9 Å². The Bertz CT molecular complexity index is 1070. The average Bonchev–Trinajstić information content (AvgIpc) is 3.23. The van der Waals surface area contributed by atoms with Crippen molar-refractivity contribution in [3.8, 4) is 11.3 Å². The zero-order chi connectivity index (χ0) is 24.1. The molecule has 1 fully saturated rings. The van der Waals surface area contributed by atoms with Crippen molar-refractivity contribution in [1.29, 1.82) is 0 Å². The Hall–Kier alpha value is -3.23. The van der Waals surface area contributed by atoms with Crippen LogP contribution in [0, 0.1) is 0 Å². The van der Waals surface area contributed by atoms with E-state index in [1.165, 1.54) is 10.8 Å². The summed E-state index contributed by atoms with van der Waals surface area (Å²) < 4.78 is 7.49. The smallest absolute Gasteiger partial charge is 0.234 e. The Morgan fingerprint density at radius 2 is 1.85 bits per heavy atom. The lowest BCUT2D eigenvalue weighted by molar-refractivity contribution is -0.235. The average molecular weight is 464 g/mol. The molecule has 180 valence electrons. The number of amides is 1. The fourth-order valence-electron chi connectivity index (χ4n) is 4.15. The fraction of sp³-hybridized carbons (Fsp3) is 0.423. The second-order valence-corrected chi connectivity index (χ2v) is 9.42. The van der Waals surface area contributed by atoms with Gasteiger partial charge in [-0.2, -0.15) is 0 Å². The number of aromatic nitrogens is 3. The molecule has 4 rings (SSSR count). The number of pyridine rings is 1. The van der Waals surface area contributed by atoms with Crippen molar-refractivity contribution < 1.29 is 14.4 Å². The molecule has 1 atom stereocenters. The number of hydroxylamine groups is 2. The zero-order valence-corrected chi connectivity index (χ0v) is 20.3. The maximum absolute atomic E-state index is 12.1. The highest BCUT2D eigenvalue weighted by atomic mass is 16.7. The van der Waals surface area contributed by atoms with Crippen LogP contribution in [0.3, 0.4) is 0 Å². The topological polar surface area (TPSA) is 72.7 Å². The second kappa shape index (κ2) is 10.4. The first-order valence-electron chi connectivity index (χ1n) is 11.6. The van der Waals surface area contributed by atoms with Crippen LogP contribution in [0.2, 0.25) is 0 Å². The van der Waals surface area contributed by atoms with Gasteiger partial charge in [0, 0.05) is 44.1 Å². The van der Waals surface area contributed by atoms with Gasteiger partial charge in [-0.15, -0.1) is 0 Å². The largest absolute Gasteiger partial charge is 0.378 e. The van der Waals surface area contributed by atoms with E-state index in [0.717, 1.165) is 55.5 Å². The molecule has 0 spiro atoms. The van der Waals surface area contributed by atoms with Crippen LogP contribution in [-0.2, 0) is 27.8 Å². The van der Waals surface area contributed by atoms with Crippen LogP contribution in [0.1, 0.15) is 38.3 Å². The maximum atomic E-state index is 12.1. The molecule has 34 heavy (non-hydrogen) atoms. The molecule has 1 saturated heterocycles. The summed E-state index contributed by atoms with van der Waals surface area (Å²) in [5.41, 5.74) is 3.54. The van der Waals surface area contributed by atoms with Gasteiger partial charge in [0.25, 0.3) is 0 Å². The number of rotatable bonds is 8. The molecule has 0 saturated carbocycles. The van der Waals surface area contributed by atoms with Gasteiger partial charge >= 0.3 is 0 Å². The van der Waals surface area contributed by atoms with Crippen molar-refractivity contribution in [2.75, 3.05) is 31.2 Å². The molecule has 0 radical (unpaired) electrons. The standard InChI is InChI=1S/C26H33N5O3/c1-26(2,3)34-31(19-32)23(17-21-7-5-6-12-27-21)25-28-18-24(29(25)4)20-8-10-22(11-9-20)30-13-15-33-16-14-30/h5-12,18-19,23H,13-17H2,1-4H3. The van der Waals surface area contributed by atoms with Crippen LogP contribution in [0.25, 0.3) is 11.3 Å². The number of imidazole rings is 1. The van der Waals surface area contributed by atoms with Crippen molar-refractivity contribution in [3.05, 3.63) is 66.4 Å². The lowest BCUT2D eigenvalue weighted by Gasteiger charge is -2.32. The predicted octanol–water partition coefficient (Wildman–Crippen LogP) is 3.79. The minimum atomic E-state index is -0.535. The van der Waals surface area contributed by atoms with Gasteiger partial charge in [0.2, 0.25) is 6.41 Å². The van der Waals surface area contributed by atoms with Crippen molar-refractivity contribution in [2.45, 2.75) is 38.8 Å². The van der Waals surface area contributed by atoms with Crippen molar-refractivity contribution >= 4 is 12.1 Å². The van der Waals surface area contributed by atoms with E-state index in [9.17, 15) is 4.79 Å². The summed E-state index contributed by atoms with van der Waals surface area (Å²) in [5, 5.41) is 1.36. The van der Waals surface area contributed by atoms with Crippen molar-refractivity contribution in [2.24, 2.45) is 7.05 Å². The normalized spacial score (nSPS) is 15.2. The van der Waals surface area contributed by atoms with Gasteiger partial charge in [-0.3, -0.25) is 14.6 Å². The first kappa shape index (κ1) is 23.9. The Kier molecular flexibility index (Phi) is 7.29. The highest BCUT2D eigenvalue weighted by molar-refractivity contribution is 5.63. The molecule has 1 amide bonds. The summed E-state index contributed by atoms with van der Waals surface area (Å²) in [4.78, 5) is 29.6. The third-order valence-electron chi connectivity index (χ3n) is 5.78. The Labute approximate surface area is 201 Å². The molecular weight excluding hydrogens is 430 g/mol. The molecule has 0 bridgehead atoms. The number of ether oxygens (including phenoxy) is 1. The number of morpholine rings is 1. The number of carbonyl (C=O) groups excluding carboxylic acids is 1. The number of nitrogens with zero attached hydrogens (tertiary/aromatic N) is 5. The fourth-order valence-corrected chi connectivity index (χ4v) is 4.15. The lowest BCUT2D eigenvalue weighted by atomic mass is 10.1. The van der Waals surface area contributed by atoms with E-state index in [-0.39, 0.29) is 0 Å². The second-order valence-electron chi connectivity index (χ2n) is 9.42. The summed E-state index contributed by atoms with van der Waals surface area (Å²) in [6.45, 7) is 9.08. The molecule has 8 heteroatoms. The minimum absolute atomic E-state index is 0.432. The van der Waals surface area contributed by atoms with Crippen LogP contribution in [-0.4, -0.2) is 57.9 Å². The number of carbonyl (C=O) groups is 1. The highest BCUT2D eigenvalue weighted by Gasteiger charge is 2.29. The molecule has 1 unspecified atom stereocenters. The molecule has 1 aromatic carbocycles.